The van der Waals surface area contributed by atoms with Gasteiger partial charge in [-0.2, -0.15) is 0 Å². The van der Waals surface area contributed by atoms with Gasteiger partial charge >= 0.3 is 0 Å². The van der Waals surface area contributed by atoms with Gasteiger partial charge in [-0.25, -0.2) is 13.1 Å². The number of anilines is 1. The first-order valence-corrected chi connectivity index (χ1v) is 8.19. The summed E-state index contributed by atoms with van der Waals surface area (Å²) in [5, 5.41) is 3.12. The molecule has 1 heterocycles. The molecule has 5 nitrogen and oxygen atoms in total. The summed E-state index contributed by atoms with van der Waals surface area (Å²) in [4.78, 5) is 5.05. The summed E-state index contributed by atoms with van der Waals surface area (Å²) in [7, 11) is -3.47. The van der Waals surface area contributed by atoms with Crippen LogP contribution in [0.3, 0.4) is 0 Å². The van der Waals surface area contributed by atoms with Crippen molar-refractivity contribution in [2.45, 2.75) is 18.4 Å². The van der Waals surface area contributed by atoms with E-state index in [1.54, 1.807) is 36.0 Å². The second-order valence-corrected chi connectivity index (χ2v) is 6.58. The molecule has 0 atom stereocenters. The first-order chi connectivity index (χ1) is 9.12. The summed E-state index contributed by atoms with van der Waals surface area (Å²) in [6, 6.07) is 6.69. The van der Waals surface area contributed by atoms with Gasteiger partial charge in [0.1, 0.15) is 0 Å². The molecule has 0 radical (unpaired) electrons. The lowest BCUT2D eigenvalue weighted by Crippen LogP contribution is -2.22. The number of thiazole rings is 1. The molecule has 2 rings (SSSR count). The molecule has 0 aliphatic carbocycles. The molecule has 0 saturated heterocycles. The molecule has 0 bridgehead atoms. The molecule has 19 heavy (non-hydrogen) atoms. The molecule has 2 aromatic rings. The van der Waals surface area contributed by atoms with E-state index in [4.69, 9.17) is 0 Å². The van der Waals surface area contributed by atoms with Crippen LogP contribution in [0.1, 0.15) is 11.8 Å². The third-order valence-corrected chi connectivity index (χ3v) is 4.66. The molecule has 0 aliphatic heterocycles. The molecule has 1 aromatic carbocycles. The second-order valence-electron chi connectivity index (χ2n) is 3.85. The van der Waals surface area contributed by atoms with Gasteiger partial charge in [0.25, 0.3) is 0 Å². The van der Waals surface area contributed by atoms with Gasteiger partial charge in [-0.15, -0.1) is 11.3 Å². The average molecular weight is 297 g/mol. The van der Waals surface area contributed by atoms with Gasteiger partial charge in [0, 0.05) is 29.9 Å². The smallest absolute Gasteiger partial charge is 0.240 e. The number of nitrogens with zero attached hydrogens (tertiary/aromatic N) is 1. The van der Waals surface area contributed by atoms with Crippen molar-refractivity contribution in [1.29, 1.82) is 0 Å². The maximum absolute atomic E-state index is 12.0. The molecule has 0 unspecified atom stereocenters. The molecule has 1 aromatic heterocycles. The van der Waals surface area contributed by atoms with Crippen LogP contribution in [0.2, 0.25) is 0 Å². The van der Waals surface area contributed by atoms with E-state index in [9.17, 15) is 8.42 Å². The minimum Gasteiger partial charge on any atom is -0.385 e. The zero-order valence-electron chi connectivity index (χ0n) is 10.5. The van der Waals surface area contributed by atoms with E-state index in [-0.39, 0.29) is 11.4 Å². The Morgan fingerprint density at radius 3 is 2.58 bits per heavy atom. The Labute approximate surface area is 116 Å². The Hall–Kier alpha value is -1.44. The van der Waals surface area contributed by atoms with Crippen LogP contribution in [-0.4, -0.2) is 19.9 Å². The van der Waals surface area contributed by atoms with Crippen LogP contribution in [-0.2, 0) is 16.6 Å². The summed E-state index contributed by atoms with van der Waals surface area (Å²) in [5.41, 5.74) is 2.58. The summed E-state index contributed by atoms with van der Waals surface area (Å²) in [5.74, 6) is 0. The third-order valence-electron chi connectivity index (χ3n) is 2.47. The number of hydrogen-bond donors (Lipinski definition) is 2. The van der Waals surface area contributed by atoms with Gasteiger partial charge in [-0.1, -0.05) is 0 Å². The summed E-state index contributed by atoms with van der Waals surface area (Å²) in [6.07, 6.45) is 1.65. The molecule has 0 amide bonds. The van der Waals surface area contributed by atoms with Gasteiger partial charge < -0.3 is 5.32 Å². The van der Waals surface area contributed by atoms with Crippen LogP contribution in [0.25, 0.3) is 0 Å². The monoisotopic (exact) mass is 297 g/mol. The molecule has 0 saturated carbocycles. The van der Waals surface area contributed by atoms with E-state index in [2.05, 4.69) is 15.0 Å². The van der Waals surface area contributed by atoms with E-state index < -0.39 is 10.0 Å². The zero-order valence-corrected chi connectivity index (χ0v) is 12.1. The van der Waals surface area contributed by atoms with Crippen LogP contribution >= 0.6 is 11.3 Å². The average Bonchev–Trinajstić information content (AvgIpc) is 2.91. The molecule has 102 valence electrons. The molecule has 0 fully saturated rings. The molecule has 0 aliphatic rings. The zero-order chi connectivity index (χ0) is 13.7. The van der Waals surface area contributed by atoms with Crippen molar-refractivity contribution in [1.82, 2.24) is 9.71 Å². The molecule has 7 heteroatoms. The van der Waals surface area contributed by atoms with Crippen molar-refractivity contribution in [2.75, 3.05) is 11.9 Å². The Bertz CT molecular complexity index is 607. The van der Waals surface area contributed by atoms with Crippen molar-refractivity contribution in [2.24, 2.45) is 0 Å². The van der Waals surface area contributed by atoms with Crippen molar-refractivity contribution >= 4 is 27.0 Å². The van der Waals surface area contributed by atoms with E-state index in [1.165, 1.54) is 11.3 Å². The third kappa shape index (κ3) is 3.76. The van der Waals surface area contributed by atoms with Crippen LogP contribution in [0.5, 0.6) is 0 Å². The fourth-order valence-electron chi connectivity index (χ4n) is 1.53. The highest BCUT2D eigenvalue weighted by atomic mass is 32.2. The Balaban J connectivity index is 2.06. The standard InChI is InChI=1S/C12H15N3O2S2/c1-2-14-10-3-5-12(6-4-10)19(16,17)15-8-11-7-13-9-18-11/h3-7,9,14-15H,2,8H2,1H3. The Morgan fingerprint density at radius 1 is 1.26 bits per heavy atom. The van der Waals surface area contributed by atoms with E-state index in [0.29, 0.717) is 0 Å². The lowest BCUT2D eigenvalue weighted by atomic mass is 10.3. The highest BCUT2D eigenvalue weighted by Crippen LogP contribution is 2.14. The Kier molecular flexibility index (Phi) is 4.52. The van der Waals surface area contributed by atoms with Gasteiger partial charge in [0.2, 0.25) is 10.0 Å². The van der Waals surface area contributed by atoms with E-state index >= 15 is 0 Å². The van der Waals surface area contributed by atoms with E-state index in [1.807, 2.05) is 6.92 Å². The molecule has 2 N–H and O–H groups in total. The maximum atomic E-state index is 12.0. The Morgan fingerprint density at radius 2 is 2.00 bits per heavy atom. The fraction of sp³-hybridized carbons (Fsp3) is 0.250. The van der Waals surface area contributed by atoms with Crippen LogP contribution in [0.15, 0.2) is 40.9 Å². The number of sulfonamides is 1. The molecular weight excluding hydrogens is 282 g/mol. The first-order valence-electron chi connectivity index (χ1n) is 5.83. The number of nitrogens with one attached hydrogen (secondary N) is 2. The minimum absolute atomic E-state index is 0.263. The number of aromatic nitrogens is 1. The van der Waals surface area contributed by atoms with Crippen molar-refractivity contribution in [3.63, 3.8) is 0 Å². The lowest BCUT2D eigenvalue weighted by Gasteiger charge is -2.07. The van der Waals surface area contributed by atoms with Gasteiger partial charge in [0.15, 0.2) is 0 Å². The van der Waals surface area contributed by atoms with Crippen LogP contribution in [0.4, 0.5) is 5.69 Å². The summed E-state index contributed by atoms with van der Waals surface area (Å²) >= 11 is 1.42. The second kappa shape index (κ2) is 6.14. The first kappa shape index (κ1) is 14.0. The maximum Gasteiger partial charge on any atom is 0.240 e. The largest absolute Gasteiger partial charge is 0.385 e. The predicted molar refractivity (Wildman–Crippen MR) is 76.7 cm³/mol. The van der Waals surface area contributed by atoms with Crippen LogP contribution in [0, 0.1) is 0 Å². The lowest BCUT2D eigenvalue weighted by molar-refractivity contribution is 0.582. The summed E-state index contributed by atoms with van der Waals surface area (Å²) < 4.78 is 26.6. The van der Waals surface area contributed by atoms with Crippen molar-refractivity contribution in [3.8, 4) is 0 Å². The van der Waals surface area contributed by atoms with E-state index in [0.717, 1.165) is 17.1 Å². The highest BCUT2D eigenvalue weighted by Gasteiger charge is 2.13. The van der Waals surface area contributed by atoms with Crippen molar-refractivity contribution < 1.29 is 8.42 Å². The fourth-order valence-corrected chi connectivity index (χ4v) is 3.17. The predicted octanol–water partition coefficient (Wildman–Crippen LogP) is 2.05. The SMILES string of the molecule is CCNc1ccc(S(=O)(=O)NCc2cncs2)cc1. The van der Waals surface area contributed by atoms with Crippen molar-refractivity contribution in [3.05, 3.63) is 40.8 Å². The number of rotatable bonds is 6. The highest BCUT2D eigenvalue weighted by molar-refractivity contribution is 7.89. The van der Waals surface area contributed by atoms with Gasteiger partial charge in [-0.3, -0.25) is 4.98 Å². The number of hydrogen-bond acceptors (Lipinski definition) is 5. The molecular formula is C12H15N3O2S2. The normalized spacial score (nSPS) is 11.4. The van der Waals surface area contributed by atoms with Gasteiger partial charge in [0.05, 0.1) is 10.4 Å². The quantitative estimate of drug-likeness (QED) is 0.856. The topological polar surface area (TPSA) is 71.1 Å². The van der Waals surface area contributed by atoms with Crippen LogP contribution < -0.4 is 10.0 Å². The number of benzene rings is 1. The summed E-state index contributed by atoms with van der Waals surface area (Å²) in [6.45, 7) is 3.05. The van der Waals surface area contributed by atoms with Gasteiger partial charge in [-0.05, 0) is 31.2 Å². The molecule has 0 spiro atoms. The minimum atomic E-state index is -3.47.